The van der Waals surface area contributed by atoms with Crippen LogP contribution >= 0.6 is 0 Å². The molecule has 0 amide bonds. The molecule has 4 atom stereocenters. The number of hydrogen-bond donors (Lipinski definition) is 2. The molecule has 2 saturated heterocycles. The maximum atomic E-state index is 15.5. The van der Waals surface area contributed by atoms with Crippen LogP contribution in [0.3, 0.4) is 0 Å². The van der Waals surface area contributed by atoms with Crippen LogP contribution in [-0.2, 0) is 14.2 Å². The molecule has 0 bridgehead atoms. The Morgan fingerprint density at radius 3 is 2.35 bits per heavy atom. The van der Waals surface area contributed by atoms with Crippen molar-refractivity contribution < 1.29 is 37.6 Å². The molecule has 2 unspecified atom stereocenters. The van der Waals surface area contributed by atoms with Gasteiger partial charge >= 0.3 is 5.97 Å². The van der Waals surface area contributed by atoms with E-state index in [9.17, 15) is 9.90 Å². The number of nitrogens with zero attached hydrogens (tertiary/aromatic N) is 1. The van der Waals surface area contributed by atoms with Crippen LogP contribution in [0.2, 0.25) is 0 Å². The number of rotatable bonds is 5. The summed E-state index contributed by atoms with van der Waals surface area (Å²) in [7, 11) is 1.32. The van der Waals surface area contributed by atoms with Crippen LogP contribution in [-0.4, -0.2) is 65.8 Å². The summed E-state index contributed by atoms with van der Waals surface area (Å²) >= 11 is 0. The van der Waals surface area contributed by atoms with Gasteiger partial charge in [0.25, 0.3) is 6.01 Å². The number of aromatic amines is 1. The fraction of sp³-hybridized carbons (Fsp3) is 0.259. The SMILES string of the molecule is COC(=O)c1ccc(-c2ccc(-c3c(F)cc4[nH]c(O[C@H]5COC6C5OC[C@@H]6O)nc4c3F)cc2)cc1. The van der Waals surface area contributed by atoms with E-state index < -0.39 is 42.0 Å². The minimum Gasteiger partial charge on any atom is -0.465 e. The van der Waals surface area contributed by atoms with E-state index in [-0.39, 0.29) is 35.8 Å². The molecule has 0 aliphatic carbocycles. The second kappa shape index (κ2) is 9.22. The van der Waals surface area contributed by atoms with Crippen molar-refractivity contribution in [2.75, 3.05) is 20.3 Å². The lowest BCUT2D eigenvalue weighted by Crippen LogP contribution is -2.34. The van der Waals surface area contributed by atoms with E-state index in [2.05, 4.69) is 9.97 Å². The maximum Gasteiger partial charge on any atom is 0.337 e. The first-order chi connectivity index (χ1) is 17.9. The smallest absolute Gasteiger partial charge is 0.337 e. The largest absolute Gasteiger partial charge is 0.465 e. The van der Waals surface area contributed by atoms with Crippen LogP contribution in [0.4, 0.5) is 8.78 Å². The molecule has 2 N–H and O–H groups in total. The fourth-order valence-corrected chi connectivity index (χ4v) is 4.81. The zero-order valence-corrected chi connectivity index (χ0v) is 19.6. The Morgan fingerprint density at radius 2 is 1.65 bits per heavy atom. The van der Waals surface area contributed by atoms with E-state index in [1.165, 1.54) is 13.2 Å². The molecular weight excluding hydrogens is 486 g/mol. The van der Waals surface area contributed by atoms with Crippen LogP contribution in [0.1, 0.15) is 10.4 Å². The Hall–Kier alpha value is -3.86. The Balaban J connectivity index is 1.26. The van der Waals surface area contributed by atoms with Gasteiger partial charge in [0.05, 0.1) is 37.0 Å². The topological polar surface area (TPSA) is 103 Å². The van der Waals surface area contributed by atoms with Gasteiger partial charge in [-0.15, -0.1) is 0 Å². The van der Waals surface area contributed by atoms with Crippen molar-refractivity contribution in [1.29, 1.82) is 0 Å². The summed E-state index contributed by atoms with van der Waals surface area (Å²) in [5.41, 5.74) is 2.31. The molecule has 2 fully saturated rings. The number of aromatic nitrogens is 2. The molecule has 3 heterocycles. The van der Waals surface area contributed by atoms with Crippen molar-refractivity contribution in [3.8, 4) is 28.3 Å². The number of esters is 1. The van der Waals surface area contributed by atoms with Gasteiger partial charge in [-0.05, 0) is 28.8 Å². The molecular formula is C27H22F2N2O6. The zero-order chi connectivity index (χ0) is 25.7. The third-order valence-corrected chi connectivity index (χ3v) is 6.71. The van der Waals surface area contributed by atoms with Crippen molar-refractivity contribution in [2.24, 2.45) is 0 Å². The van der Waals surface area contributed by atoms with Gasteiger partial charge in [0.1, 0.15) is 29.6 Å². The Labute approximate surface area is 209 Å². The number of fused-ring (bicyclic) bond motifs is 2. The van der Waals surface area contributed by atoms with Crippen molar-refractivity contribution in [2.45, 2.75) is 24.4 Å². The predicted molar refractivity (Wildman–Crippen MR) is 128 cm³/mol. The number of carbonyl (C=O) groups is 1. The Morgan fingerprint density at radius 1 is 1.00 bits per heavy atom. The number of halogens is 2. The number of aliphatic hydroxyl groups is 1. The van der Waals surface area contributed by atoms with E-state index in [4.69, 9.17) is 18.9 Å². The second-order valence-electron chi connectivity index (χ2n) is 8.95. The molecule has 6 rings (SSSR count). The number of hydrogen-bond acceptors (Lipinski definition) is 7. The summed E-state index contributed by atoms with van der Waals surface area (Å²) in [4.78, 5) is 18.6. The first-order valence-corrected chi connectivity index (χ1v) is 11.7. The highest BCUT2D eigenvalue weighted by molar-refractivity contribution is 5.90. The Kier molecular flexibility index (Phi) is 5.86. The minimum absolute atomic E-state index is 0.00967. The first kappa shape index (κ1) is 23.5. The molecule has 1 aromatic heterocycles. The lowest BCUT2D eigenvalue weighted by molar-refractivity contribution is 0.00706. The average Bonchev–Trinajstić information content (AvgIpc) is 3.61. The van der Waals surface area contributed by atoms with Crippen LogP contribution in [0, 0.1) is 11.6 Å². The molecule has 37 heavy (non-hydrogen) atoms. The van der Waals surface area contributed by atoms with Crippen LogP contribution in [0.25, 0.3) is 33.3 Å². The zero-order valence-electron chi connectivity index (χ0n) is 19.6. The number of nitrogens with one attached hydrogen (secondary N) is 1. The quantitative estimate of drug-likeness (QED) is 0.395. The highest BCUT2D eigenvalue weighted by Crippen LogP contribution is 2.34. The number of benzene rings is 3. The molecule has 0 radical (unpaired) electrons. The van der Waals surface area contributed by atoms with E-state index in [0.29, 0.717) is 11.1 Å². The molecule has 0 spiro atoms. The molecule has 4 aromatic rings. The molecule has 8 nitrogen and oxygen atoms in total. The summed E-state index contributed by atoms with van der Waals surface area (Å²) < 4.78 is 52.1. The van der Waals surface area contributed by atoms with Crippen molar-refractivity contribution >= 4 is 17.0 Å². The lowest BCUT2D eigenvalue weighted by atomic mass is 9.98. The minimum atomic E-state index is -0.815. The molecule has 2 aliphatic rings. The third kappa shape index (κ3) is 4.12. The van der Waals surface area contributed by atoms with Crippen molar-refractivity contribution in [3.63, 3.8) is 0 Å². The lowest BCUT2D eigenvalue weighted by Gasteiger charge is -2.15. The normalized spacial score (nSPS) is 22.8. The summed E-state index contributed by atoms with van der Waals surface area (Å²) in [5, 5.41) is 9.89. The summed E-state index contributed by atoms with van der Waals surface area (Å²) in [6.07, 6.45) is -2.21. The standard InChI is InChI=1S/C27H22F2N2O6/c1-34-26(33)16-8-4-14(5-9-16)13-2-6-15(7-3-13)21-17(28)10-18-23(22(21)29)31-27(30-18)37-20-12-36-24-19(32)11-35-25(20)24/h2-10,19-20,24-25,32H,11-12H2,1H3,(H,30,31)/t19-,20-,24?,25?/m0/s1. The van der Waals surface area contributed by atoms with E-state index in [1.807, 2.05) is 0 Å². The first-order valence-electron chi connectivity index (χ1n) is 11.7. The second-order valence-corrected chi connectivity index (χ2v) is 8.95. The van der Waals surface area contributed by atoms with Crippen LogP contribution in [0.5, 0.6) is 6.01 Å². The number of methoxy groups -OCH3 is 1. The molecule has 190 valence electrons. The van der Waals surface area contributed by atoms with E-state index in [1.54, 1.807) is 48.5 Å². The average molecular weight is 508 g/mol. The van der Waals surface area contributed by atoms with Gasteiger partial charge in [0.2, 0.25) is 0 Å². The van der Waals surface area contributed by atoms with Gasteiger partial charge in [-0.25, -0.2) is 13.6 Å². The summed E-state index contributed by atoms with van der Waals surface area (Å²) in [6.45, 7) is 0.333. The van der Waals surface area contributed by atoms with Gasteiger partial charge in [-0.3, -0.25) is 0 Å². The number of H-pyrrole nitrogens is 1. The summed E-state index contributed by atoms with van der Waals surface area (Å²) in [5.74, 6) is -1.99. The van der Waals surface area contributed by atoms with E-state index in [0.717, 1.165) is 11.1 Å². The third-order valence-electron chi connectivity index (χ3n) is 6.71. The van der Waals surface area contributed by atoms with Crippen LogP contribution in [0.15, 0.2) is 54.6 Å². The van der Waals surface area contributed by atoms with Gasteiger partial charge in [-0.2, -0.15) is 4.98 Å². The molecule has 3 aromatic carbocycles. The van der Waals surface area contributed by atoms with Gasteiger partial charge < -0.3 is 29.0 Å². The number of carbonyl (C=O) groups excluding carboxylic acids is 1. The number of imidazole rings is 1. The van der Waals surface area contributed by atoms with Gasteiger partial charge in [-0.1, -0.05) is 36.4 Å². The van der Waals surface area contributed by atoms with Crippen molar-refractivity contribution in [3.05, 3.63) is 71.8 Å². The molecule has 2 aliphatic heterocycles. The van der Waals surface area contributed by atoms with Crippen molar-refractivity contribution in [1.82, 2.24) is 9.97 Å². The molecule has 0 saturated carbocycles. The highest BCUT2D eigenvalue weighted by atomic mass is 19.1. The predicted octanol–water partition coefficient (Wildman–Crippen LogP) is 3.87. The fourth-order valence-electron chi connectivity index (χ4n) is 4.81. The monoisotopic (exact) mass is 508 g/mol. The Bertz CT molecular complexity index is 1470. The highest BCUT2D eigenvalue weighted by Gasteiger charge is 2.48. The number of aliphatic hydroxyl groups excluding tert-OH is 1. The van der Waals surface area contributed by atoms with Crippen LogP contribution < -0.4 is 4.74 Å². The molecule has 10 heteroatoms. The summed E-state index contributed by atoms with van der Waals surface area (Å²) in [6, 6.07) is 14.8. The van der Waals surface area contributed by atoms with Gasteiger partial charge in [0, 0.05) is 6.07 Å². The van der Waals surface area contributed by atoms with E-state index >= 15 is 8.78 Å². The van der Waals surface area contributed by atoms with Gasteiger partial charge in [0.15, 0.2) is 11.9 Å². The maximum absolute atomic E-state index is 15.5. The number of ether oxygens (including phenoxy) is 4.